The first-order valence-corrected chi connectivity index (χ1v) is 6.72. The van der Waals surface area contributed by atoms with Crippen molar-refractivity contribution in [2.24, 2.45) is 5.92 Å². The molecule has 2 saturated heterocycles. The first-order chi connectivity index (χ1) is 7.66. The zero-order valence-corrected chi connectivity index (χ0v) is 10.9. The highest BCUT2D eigenvalue weighted by molar-refractivity contribution is 4.85. The van der Waals surface area contributed by atoms with Crippen LogP contribution < -0.4 is 5.32 Å². The molecular formula is C13H26N2O. The molecule has 94 valence electrons. The van der Waals surface area contributed by atoms with Crippen molar-refractivity contribution in [1.29, 1.82) is 0 Å². The van der Waals surface area contributed by atoms with Gasteiger partial charge in [-0.1, -0.05) is 6.92 Å². The lowest BCUT2D eigenvalue weighted by atomic mass is 9.93. The lowest BCUT2D eigenvalue weighted by Gasteiger charge is -2.34. The van der Waals surface area contributed by atoms with Crippen molar-refractivity contribution >= 4 is 0 Å². The largest absolute Gasteiger partial charge is 0.377 e. The Morgan fingerprint density at radius 1 is 1.31 bits per heavy atom. The van der Waals surface area contributed by atoms with Crippen molar-refractivity contribution in [2.45, 2.75) is 51.3 Å². The monoisotopic (exact) mass is 226 g/mol. The minimum Gasteiger partial charge on any atom is -0.377 e. The Morgan fingerprint density at radius 2 is 2.12 bits per heavy atom. The summed E-state index contributed by atoms with van der Waals surface area (Å²) in [4.78, 5) is 2.49. The van der Waals surface area contributed by atoms with Crippen LogP contribution in [0.25, 0.3) is 0 Å². The normalized spacial score (nSPS) is 40.5. The maximum absolute atomic E-state index is 5.63. The van der Waals surface area contributed by atoms with Crippen LogP contribution in [0.3, 0.4) is 0 Å². The molecule has 0 amide bonds. The van der Waals surface area contributed by atoms with Crippen molar-refractivity contribution in [2.75, 3.05) is 26.7 Å². The maximum atomic E-state index is 5.63. The molecule has 16 heavy (non-hydrogen) atoms. The molecule has 0 radical (unpaired) electrons. The second-order valence-electron chi connectivity index (χ2n) is 5.65. The van der Waals surface area contributed by atoms with Gasteiger partial charge >= 0.3 is 0 Å². The Bertz CT molecular complexity index is 222. The summed E-state index contributed by atoms with van der Waals surface area (Å²) < 4.78 is 5.63. The van der Waals surface area contributed by atoms with E-state index in [4.69, 9.17) is 4.74 Å². The molecule has 4 unspecified atom stereocenters. The quantitative estimate of drug-likeness (QED) is 0.789. The van der Waals surface area contributed by atoms with Gasteiger partial charge in [-0.15, -0.1) is 0 Å². The first kappa shape index (κ1) is 12.3. The van der Waals surface area contributed by atoms with Crippen molar-refractivity contribution in [3.63, 3.8) is 0 Å². The smallest absolute Gasteiger partial charge is 0.0702 e. The molecule has 1 N–H and O–H groups in total. The van der Waals surface area contributed by atoms with Crippen LogP contribution in [-0.2, 0) is 4.74 Å². The van der Waals surface area contributed by atoms with Crippen molar-refractivity contribution in [3.05, 3.63) is 0 Å². The fourth-order valence-electron chi connectivity index (χ4n) is 3.14. The molecule has 0 aliphatic carbocycles. The summed E-state index contributed by atoms with van der Waals surface area (Å²) in [5.74, 6) is 0.886. The van der Waals surface area contributed by atoms with Gasteiger partial charge < -0.3 is 10.1 Å². The van der Waals surface area contributed by atoms with E-state index < -0.39 is 0 Å². The zero-order chi connectivity index (χ0) is 11.5. The number of nitrogens with zero attached hydrogens (tertiary/aromatic N) is 1. The van der Waals surface area contributed by atoms with Gasteiger partial charge in [0.15, 0.2) is 0 Å². The summed E-state index contributed by atoms with van der Waals surface area (Å²) in [5.41, 5.74) is 0. The van der Waals surface area contributed by atoms with E-state index in [1.165, 1.54) is 32.4 Å². The molecule has 2 fully saturated rings. The summed E-state index contributed by atoms with van der Waals surface area (Å²) in [5, 5.41) is 3.64. The molecule has 0 aromatic heterocycles. The van der Waals surface area contributed by atoms with E-state index in [0.29, 0.717) is 18.2 Å². The number of rotatable bonds is 3. The van der Waals surface area contributed by atoms with Gasteiger partial charge in [-0.2, -0.15) is 0 Å². The van der Waals surface area contributed by atoms with E-state index in [-0.39, 0.29) is 0 Å². The second-order valence-corrected chi connectivity index (χ2v) is 5.65. The fourth-order valence-corrected chi connectivity index (χ4v) is 3.14. The first-order valence-electron chi connectivity index (χ1n) is 6.72. The van der Waals surface area contributed by atoms with Gasteiger partial charge in [0.25, 0.3) is 0 Å². The van der Waals surface area contributed by atoms with Crippen molar-refractivity contribution < 1.29 is 4.74 Å². The summed E-state index contributed by atoms with van der Waals surface area (Å²) in [6, 6.07) is 1.31. The van der Waals surface area contributed by atoms with E-state index in [1.807, 2.05) is 0 Å². The van der Waals surface area contributed by atoms with Gasteiger partial charge in [0.2, 0.25) is 0 Å². The summed E-state index contributed by atoms with van der Waals surface area (Å²) in [6.07, 6.45) is 4.26. The third-order valence-corrected chi connectivity index (χ3v) is 4.17. The molecule has 0 aromatic carbocycles. The summed E-state index contributed by atoms with van der Waals surface area (Å²) >= 11 is 0. The Balaban J connectivity index is 1.79. The molecule has 2 heterocycles. The van der Waals surface area contributed by atoms with Gasteiger partial charge in [-0.25, -0.2) is 0 Å². The van der Waals surface area contributed by atoms with Gasteiger partial charge in [0.1, 0.15) is 0 Å². The Hall–Kier alpha value is -0.120. The van der Waals surface area contributed by atoms with E-state index in [0.717, 1.165) is 12.5 Å². The molecule has 0 saturated carbocycles. The number of likely N-dealkylation sites (N-methyl/N-ethyl adjacent to an activating group) is 1. The van der Waals surface area contributed by atoms with Crippen molar-refractivity contribution in [1.82, 2.24) is 10.2 Å². The molecule has 0 spiro atoms. The molecule has 2 aliphatic heterocycles. The molecule has 2 aliphatic rings. The number of nitrogens with one attached hydrogen (secondary N) is 1. The van der Waals surface area contributed by atoms with Crippen LogP contribution in [0.4, 0.5) is 0 Å². The molecule has 3 heteroatoms. The predicted octanol–water partition coefficient (Wildman–Crippen LogP) is 1.48. The lowest BCUT2D eigenvalue weighted by Crippen LogP contribution is -2.48. The summed E-state index contributed by atoms with van der Waals surface area (Å²) in [7, 11) is 2.25. The third kappa shape index (κ3) is 2.96. The maximum Gasteiger partial charge on any atom is 0.0702 e. The van der Waals surface area contributed by atoms with Crippen molar-refractivity contribution in [3.8, 4) is 0 Å². The van der Waals surface area contributed by atoms with Crippen LogP contribution in [-0.4, -0.2) is 49.8 Å². The predicted molar refractivity (Wildman–Crippen MR) is 66.6 cm³/mol. The molecule has 0 aromatic rings. The van der Waals surface area contributed by atoms with Crippen LogP contribution in [0, 0.1) is 5.92 Å². The molecule has 2 rings (SSSR count). The van der Waals surface area contributed by atoms with Gasteiger partial charge in [-0.05, 0) is 45.7 Å². The van der Waals surface area contributed by atoms with Crippen LogP contribution in [0.5, 0.6) is 0 Å². The van der Waals surface area contributed by atoms with E-state index in [9.17, 15) is 0 Å². The minimum absolute atomic E-state index is 0.408. The highest BCUT2D eigenvalue weighted by atomic mass is 16.5. The number of hydrogen-bond donors (Lipinski definition) is 1. The molecule has 4 atom stereocenters. The number of hydrogen-bond acceptors (Lipinski definition) is 3. The standard InChI is InChI=1S/C13H26N2O/c1-10-4-6-14-12(8-10)9-15(3)13-5-7-16-11(13)2/h10-14H,4-9H2,1-3H3. The molecule has 3 nitrogen and oxygen atoms in total. The number of ether oxygens (including phenoxy) is 1. The lowest BCUT2D eigenvalue weighted by molar-refractivity contribution is 0.0778. The van der Waals surface area contributed by atoms with Crippen LogP contribution in [0.2, 0.25) is 0 Å². The fraction of sp³-hybridized carbons (Fsp3) is 1.00. The Kier molecular flexibility index (Phi) is 4.22. The van der Waals surface area contributed by atoms with E-state index in [2.05, 4.69) is 31.1 Å². The van der Waals surface area contributed by atoms with Crippen LogP contribution in [0.1, 0.15) is 33.1 Å². The highest BCUT2D eigenvalue weighted by Crippen LogP contribution is 2.21. The van der Waals surface area contributed by atoms with Crippen LogP contribution in [0.15, 0.2) is 0 Å². The summed E-state index contributed by atoms with van der Waals surface area (Å²) in [6.45, 7) is 7.87. The average molecular weight is 226 g/mol. The van der Waals surface area contributed by atoms with E-state index in [1.54, 1.807) is 0 Å². The molecule has 0 bridgehead atoms. The Labute approximate surface area is 99.5 Å². The van der Waals surface area contributed by atoms with Gasteiger partial charge in [0.05, 0.1) is 6.10 Å². The van der Waals surface area contributed by atoms with Gasteiger partial charge in [-0.3, -0.25) is 4.90 Å². The van der Waals surface area contributed by atoms with Gasteiger partial charge in [0, 0.05) is 25.2 Å². The highest BCUT2D eigenvalue weighted by Gasteiger charge is 2.29. The SMILES string of the molecule is CC1CCNC(CN(C)C2CCOC2C)C1. The van der Waals surface area contributed by atoms with E-state index >= 15 is 0 Å². The topological polar surface area (TPSA) is 24.5 Å². The second kappa shape index (κ2) is 5.48. The third-order valence-electron chi connectivity index (χ3n) is 4.17. The zero-order valence-electron chi connectivity index (χ0n) is 10.9. The number of piperidine rings is 1. The minimum atomic E-state index is 0.408. The molecular weight excluding hydrogens is 200 g/mol. The average Bonchev–Trinajstić information content (AvgIpc) is 2.64. The Morgan fingerprint density at radius 3 is 2.75 bits per heavy atom. The van der Waals surface area contributed by atoms with Crippen LogP contribution >= 0.6 is 0 Å².